The van der Waals surface area contributed by atoms with Crippen LogP contribution in [-0.2, 0) is 23.9 Å². The molecule has 2 N–H and O–H groups in total. The zero-order valence-corrected chi connectivity index (χ0v) is 9.52. The van der Waals surface area contributed by atoms with Crippen molar-refractivity contribution in [3.8, 4) is 0 Å². The van der Waals surface area contributed by atoms with Crippen molar-refractivity contribution in [2.45, 2.75) is 6.92 Å². The van der Waals surface area contributed by atoms with Crippen molar-refractivity contribution >= 4 is 17.8 Å². The summed E-state index contributed by atoms with van der Waals surface area (Å²) in [5.74, 6) is -2.15. The van der Waals surface area contributed by atoms with Crippen LogP contribution < -0.4 is 5.32 Å². The number of esters is 1. The van der Waals surface area contributed by atoms with E-state index in [0.29, 0.717) is 0 Å². The van der Waals surface area contributed by atoms with Crippen LogP contribution in [0.25, 0.3) is 0 Å². The van der Waals surface area contributed by atoms with Gasteiger partial charge >= 0.3 is 11.9 Å². The largest absolute Gasteiger partial charge is 0.480 e. The minimum Gasteiger partial charge on any atom is -0.480 e. The summed E-state index contributed by atoms with van der Waals surface area (Å²) >= 11 is 0. The number of aliphatic carboxylic acids is 1. The quantitative estimate of drug-likeness (QED) is 0.334. The first-order chi connectivity index (χ1) is 7.93. The van der Waals surface area contributed by atoms with Crippen LogP contribution in [0.4, 0.5) is 0 Å². The Balaban J connectivity index is 3.48. The van der Waals surface area contributed by atoms with Gasteiger partial charge < -0.3 is 19.9 Å². The first-order valence-corrected chi connectivity index (χ1v) is 4.82. The lowest BCUT2D eigenvalue weighted by atomic mass is 10.4. The van der Waals surface area contributed by atoms with Gasteiger partial charge in [-0.05, 0) is 6.92 Å². The molecule has 0 unspecified atom stereocenters. The summed E-state index contributed by atoms with van der Waals surface area (Å²) in [7, 11) is 0. The van der Waals surface area contributed by atoms with Gasteiger partial charge in [0, 0.05) is 5.57 Å². The van der Waals surface area contributed by atoms with E-state index in [1.54, 1.807) is 0 Å². The Morgan fingerprint density at radius 3 is 2.47 bits per heavy atom. The van der Waals surface area contributed by atoms with E-state index in [0.717, 1.165) is 0 Å². The highest BCUT2D eigenvalue weighted by atomic mass is 16.5. The van der Waals surface area contributed by atoms with Crippen molar-refractivity contribution in [3.05, 3.63) is 12.2 Å². The van der Waals surface area contributed by atoms with Crippen molar-refractivity contribution in [1.29, 1.82) is 0 Å². The molecule has 7 nitrogen and oxygen atoms in total. The summed E-state index contributed by atoms with van der Waals surface area (Å²) in [6.45, 7) is 4.18. The van der Waals surface area contributed by atoms with E-state index in [1.807, 2.05) is 0 Å². The molecule has 0 aromatic heterocycles. The van der Waals surface area contributed by atoms with Crippen molar-refractivity contribution in [3.63, 3.8) is 0 Å². The minimum absolute atomic E-state index is 0.0242. The Morgan fingerprint density at radius 2 is 1.94 bits per heavy atom. The lowest BCUT2D eigenvalue weighted by Crippen LogP contribution is -2.31. The Labute approximate surface area is 98.4 Å². The number of carboxylic acid groups (broad SMARTS) is 1. The van der Waals surface area contributed by atoms with Gasteiger partial charge in [0.25, 0.3) is 0 Å². The number of amides is 1. The first kappa shape index (κ1) is 15.1. The third-order valence-electron chi connectivity index (χ3n) is 1.46. The summed E-state index contributed by atoms with van der Waals surface area (Å²) in [5.41, 5.74) is 0.279. The Bertz CT molecular complexity index is 312. The van der Waals surface area contributed by atoms with Crippen LogP contribution in [0.5, 0.6) is 0 Å². The van der Waals surface area contributed by atoms with Gasteiger partial charge in [-0.3, -0.25) is 4.79 Å². The third kappa shape index (κ3) is 9.06. The average Bonchev–Trinajstić information content (AvgIpc) is 2.23. The van der Waals surface area contributed by atoms with Gasteiger partial charge in [-0.1, -0.05) is 6.58 Å². The number of carbonyl (C=O) groups is 3. The third-order valence-corrected chi connectivity index (χ3v) is 1.46. The highest BCUT2D eigenvalue weighted by molar-refractivity contribution is 5.86. The Morgan fingerprint density at radius 1 is 1.29 bits per heavy atom. The predicted molar refractivity (Wildman–Crippen MR) is 57.2 cm³/mol. The summed E-state index contributed by atoms with van der Waals surface area (Å²) < 4.78 is 9.25. The van der Waals surface area contributed by atoms with Crippen LogP contribution in [0.3, 0.4) is 0 Å². The van der Waals surface area contributed by atoms with E-state index in [-0.39, 0.29) is 25.3 Å². The maximum Gasteiger partial charge on any atom is 0.333 e. The molecule has 0 fully saturated rings. The van der Waals surface area contributed by atoms with Crippen LogP contribution in [0, 0.1) is 0 Å². The molecule has 0 bridgehead atoms. The zero-order chi connectivity index (χ0) is 13.3. The van der Waals surface area contributed by atoms with E-state index < -0.39 is 24.5 Å². The smallest absolute Gasteiger partial charge is 0.333 e. The van der Waals surface area contributed by atoms with E-state index >= 15 is 0 Å². The standard InChI is InChI=1S/C10H15NO6/c1-7(2)10(15)17-4-3-11-8(12)5-16-6-9(13)14/h1,3-6H2,2H3,(H,11,12)(H,13,14). The lowest BCUT2D eigenvalue weighted by Gasteiger charge is -2.06. The molecule has 0 aliphatic heterocycles. The fraction of sp³-hybridized carbons (Fsp3) is 0.500. The van der Waals surface area contributed by atoms with Crippen LogP contribution in [0.1, 0.15) is 6.92 Å². The molecule has 0 radical (unpaired) electrons. The van der Waals surface area contributed by atoms with Crippen LogP contribution in [0.2, 0.25) is 0 Å². The first-order valence-electron chi connectivity index (χ1n) is 4.82. The monoisotopic (exact) mass is 245 g/mol. The average molecular weight is 245 g/mol. The molecule has 0 rings (SSSR count). The maximum atomic E-state index is 11.0. The number of ether oxygens (including phenoxy) is 2. The van der Waals surface area contributed by atoms with Crippen molar-refractivity contribution in [2.75, 3.05) is 26.4 Å². The SMILES string of the molecule is C=C(C)C(=O)OCCNC(=O)COCC(=O)O. The van der Waals surface area contributed by atoms with Gasteiger partial charge in [0.05, 0.1) is 6.54 Å². The molecule has 7 heteroatoms. The molecule has 17 heavy (non-hydrogen) atoms. The van der Waals surface area contributed by atoms with E-state index in [2.05, 4.69) is 16.6 Å². The topological polar surface area (TPSA) is 102 Å². The minimum atomic E-state index is -1.15. The van der Waals surface area contributed by atoms with Gasteiger partial charge in [0.15, 0.2) is 0 Å². The molecule has 0 aromatic rings. The van der Waals surface area contributed by atoms with Gasteiger partial charge in [0.1, 0.15) is 19.8 Å². The number of nitrogens with one attached hydrogen (secondary N) is 1. The van der Waals surface area contributed by atoms with Gasteiger partial charge in [0.2, 0.25) is 5.91 Å². The number of carboxylic acids is 1. The fourth-order valence-electron chi connectivity index (χ4n) is 0.739. The van der Waals surface area contributed by atoms with Crippen molar-refractivity contribution in [1.82, 2.24) is 5.32 Å². The highest BCUT2D eigenvalue weighted by Crippen LogP contribution is 1.90. The van der Waals surface area contributed by atoms with Crippen molar-refractivity contribution in [2.24, 2.45) is 0 Å². The molecule has 0 aliphatic carbocycles. The molecular formula is C10H15NO6. The molecule has 0 heterocycles. The van der Waals surface area contributed by atoms with E-state index in [4.69, 9.17) is 9.84 Å². The van der Waals surface area contributed by atoms with Crippen LogP contribution >= 0.6 is 0 Å². The maximum absolute atomic E-state index is 11.0. The highest BCUT2D eigenvalue weighted by Gasteiger charge is 2.05. The van der Waals surface area contributed by atoms with Crippen molar-refractivity contribution < 1.29 is 29.0 Å². The van der Waals surface area contributed by atoms with Gasteiger partial charge in [-0.2, -0.15) is 0 Å². The molecule has 0 saturated heterocycles. The van der Waals surface area contributed by atoms with Crippen LogP contribution in [0.15, 0.2) is 12.2 Å². The summed E-state index contributed by atoms with van der Waals surface area (Å²) in [4.78, 5) is 32.0. The van der Waals surface area contributed by atoms with Crippen LogP contribution in [-0.4, -0.2) is 49.3 Å². The van der Waals surface area contributed by atoms with E-state index in [9.17, 15) is 14.4 Å². The Kier molecular flexibility index (Phi) is 7.36. The lowest BCUT2D eigenvalue weighted by molar-refractivity contribution is -0.144. The zero-order valence-electron chi connectivity index (χ0n) is 9.52. The summed E-state index contributed by atoms with van der Waals surface area (Å²) in [6.07, 6.45) is 0. The molecule has 0 spiro atoms. The number of carbonyl (C=O) groups excluding carboxylic acids is 2. The summed E-state index contributed by atoms with van der Waals surface area (Å²) in [5, 5.41) is 10.6. The predicted octanol–water partition coefficient (Wildman–Crippen LogP) is -0.677. The second-order valence-electron chi connectivity index (χ2n) is 3.15. The second-order valence-corrected chi connectivity index (χ2v) is 3.15. The molecule has 0 atom stereocenters. The molecule has 0 aliphatic rings. The number of hydrogen-bond acceptors (Lipinski definition) is 5. The Hall–Kier alpha value is -1.89. The van der Waals surface area contributed by atoms with Gasteiger partial charge in [-0.15, -0.1) is 0 Å². The number of rotatable bonds is 8. The molecule has 1 amide bonds. The molecule has 0 saturated carbocycles. The molecular weight excluding hydrogens is 230 g/mol. The molecule has 0 aromatic carbocycles. The second kappa shape index (κ2) is 8.28. The fourth-order valence-corrected chi connectivity index (χ4v) is 0.739. The van der Waals surface area contributed by atoms with Gasteiger partial charge in [-0.25, -0.2) is 9.59 Å². The molecule has 96 valence electrons. The number of hydrogen-bond donors (Lipinski definition) is 2. The van der Waals surface area contributed by atoms with E-state index in [1.165, 1.54) is 6.92 Å². The summed E-state index contributed by atoms with van der Waals surface area (Å²) in [6, 6.07) is 0. The normalized spacial score (nSPS) is 9.47.